The van der Waals surface area contributed by atoms with Crippen molar-refractivity contribution in [1.29, 1.82) is 0 Å². The fourth-order valence-electron chi connectivity index (χ4n) is 3.86. The highest BCUT2D eigenvalue weighted by Gasteiger charge is 2.54. The van der Waals surface area contributed by atoms with Gasteiger partial charge in [-0.15, -0.1) is 0 Å². The van der Waals surface area contributed by atoms with Crippen LogP contribution in [0.25, 0.3) is 0 Å². The number of aliphatic hydroxyl groups excluding tert-OH is 1. The minimum absolute atomic E-state index is 0.0143. The predicted molar refractivity (Wildman–Crippen MR) is 136 cm³/mol. The van der Waals surface area contributed by atoms with E-state index in [1.807, 2.05) is 18.8 Å². The van der Waals surface area contributed by atoms with E-state index in [-0.39, 0.29) is 24.7 Å². The maximum Gasteiger partial charge on any atom is 0.459 e. The van der Waals surface area contributed by atoms with Gasteiger partial charge in [0.05, 0.1) is 16.0 Å². The lowest BCUT2D eigenvalue weighted by Gasteiger charge is -2.27. The van der Waals surface area contributed by atoms with Gasteiger partial charge in [0.2, 0.25) is 0 Å². The van der Waals surface area contributed by atoms with Gasteiger partial charge in [-0.2, -0.15) is 5.09 Å². The average molecular weight is 558 g/mol. The van der Waals surface area contributed by atoms with Crippen molar-refractivity contribution in [2.45, 2.75) is 64.2 Å². The van der Waals surface area contributed by atoms with Crippen LogP contribution >= 0.6 is 7.75 Å². The van der Waals surface area contributed by atoms with Crippen LogP contribution in [0.5, 0.6) is 5.75 Å². The zero-order valence-electron chi connectivity index (χ0n) is 23.4. The van der Waals surface area contributed by atoms with E-state index in [0.717, 1.165) is 6.92 Å². The van der Waals surface area contributed by atoms with E-state index in [1.165, 1.54) is 12.1 Å². The molecule has 0 saturated carbocycles. The van der Waals surface area contributed by atoms with Crippen molar-refractivity contribution < 1.29 is 40.8 Å². The van der Waals surface area contributed by atoms with Crippen LogP contribution in [0.15, 0.2) is 52.1 Å². The number of benzene rings is 1. The molecule has 38 heavy (non-hydrogen) atoms. The monoisotopic (exact) mass is 557 g/mol. The van der Waals surface area contributed by atoms with Crippen LogP contribution in [0.4, 0.5) is 0 Å². The molecule has 1 aliphatic rings. The van der Waals surface area contributed by atoms with Gasteiger partial charge in [0.15, 0.2) is 6.23 Å². The lowest BCUT2D eigenvalue weighted by molar-refractivity contribution is -0.145. The number of carbonyl (C=O) groups excluding carboxylic acids is 1. The zero-order valence-corrected chi connectivity index (χ0v) is 22.3. The molecule has 13 nitrogen and oxygen atoms in total. The molecule has 1 aromatic carbocycles. The van der Waals surface area contributed by atoms with Gasteiger partial charge in [-0.1, -0.05) is 32.0 Å². The minimum atomic E-state index is -4.38. The first-order chi connectivity index (χ1) is 18.7. The second kappa shape index (κ2) is 12.4. The number of esters is 1. The Kier molecular flexibility index (Phi) is 8.72. The van der Waals surface area contributed by atoms with E-state index in [4.69, 9.17) is 21.3 Å². The van der Waals surface area contributed by atoms with Crippen LogP contribution < -0.4 is 20.9 Å². The molecule has 4 N–H and O–H groups in total. The quantitative estimate of drug-likeness (QED) is 0.218. The molecule has 1 fully saturated rings. The Bertz CT molecular complexity index is 1350. The highest BCUT2D eigenvalue weighted by molar-refractivity contribution is 7.52. The second-order valence-corrected chi connectivity index (χ2v) is 11.0. The summed E-state index contributed by atoms with van der Waals surface area (Å²) < 4.78 is 52.2. The third-order valence-electron chi connectivity index (χ3n) is 5.69. The summed E-state index contributed by atoms with van der Waals surface area (Å²) in [6.07, 6.45) is -5.51. The summed E-state index contributed by atoms with van der Waals surface area (Å²) in [5.74, 6) is -0.548. The lowest BCUT2D eigenvalue weighted by Crippen LogP contribution is -2.47. The molecule has 0 bridgehead atoms. The van der Waals surface area contributed by atoms with Gasteiger partial charge in [0, 0.05) is 12.2 Å². The summed E-state index contributed by atoms with van der Waals surface area (Å²) >= 11 is 0. The van der Waals surface area contributed by atoms with E-state index in [0.29, 0.717) is 4.57 Å². The number of aromatic nitrogens is 2. The third-order valence-corrected chi connectivity index (χ3v) is 7.26. The van der Waals surface area contributed by atoms with E-state index >= 15 is 0 Å². The van der Waals surface area contributed by atoms with Crippen LogP contribution in [0.1, 0.15) is 43.1 Å². The predicted octanol–water partition coefficient (Wildman–Crippen LogP) is 1.32. The number of para-hydroxylation sites is 1. The standard InChI is InChI=1S/C24H34N3O10P/c1-5-34-21(30)17(13-15(2)3)26-38(33,37-16-9-7-6-8-10-16)35-14-18-20(29)24(4,32)22(36-18)27-12-11-19(28)25-23(27)31/h6-12,15,17-18,20,22,29,32H,5,13-14H2,1-4H3,(H,26,33)(H,25,28,31)/t17?,18-,20-,22-,24-,38?/m1/s1/i11D,12D. The van der Waals surface area contributed by atoms with Gasteiger partial charge >= 0.3 is 19.4 Å². The van der Waals surface area contributed by atoms with Crippen LogP contribution in [-0.4, -0.2) is 62.8 Å². The van der Waals surface area contributed by atoms with Crippen molar-refractivity contribution in [3.05, 3.63) is 63.4 Å². The van der Waals surface area contributed by atoms with E-state index in [2.05, 4.69) is 5.09 Å². The van der Waals surface area contributed by atoms with Crippen molar-refractivity contribution in [2.75, 3.05) is 13.2 Å². The van der Waals surface area contributed by atoms with Gasteiger partial charge in [0.25, 0.3) is 5.56 Å². The topological polar surface area (TPSA) is 178 Å². The van der Waals surface area contributed by atoms with Crippen molar-refractivity contribution >= 4 is 13.7 Å². The molecule has 210 valence electrons. The number of ether oxygens (including phenoxy) is 2. The fraction of sp³-hybridized carbons (Fsp3) is 0.542. The number of hydrogen-bond acceptors (Lipinski definition) is 10. The maximum atomic E-state index is 13.9. The Morgan fingerprint density at radius 2 is 2.03 bits per heavy atom. The molecule has 3 rings (SSSR count). The Balaban J connectivity index is 1.90. The summed E-state index contributed by atoms with van der Waals surface area (Å²) in [6.45, 7) is 5.87. The van der Waals surface area contributed by atoms with Gasteiger partial charge in [-0.05, 0) is 38.3 Å². The molecule has 2 heterocycles. The molecular formula is C24H34N3O10P. The van der Waals surface area contributed by atoms with Gasteiger partial charge < -0.3 is 24.2 Å². The molecule has 1 aromatic heterocycles. The van der Waals surface area contributed by atoms with Crippen LogP contribution in [0, 0.1) is 5.92 Å². The Hall–Kier alpha value is -2.80. The van der Waals surface area contributed by atoms with Crippen molar-refractivity contribution in [1.82, 2.24) is 14.6 Å². The number of hydrogen-bond donors (Lipinski definition) is 4. The summed E-state index contributed by atoms with van der Waals surface area (Å²) in [7, 11) is -4.38. The number of aromatic amines is 1. The highest BCUT2D eigenvalue weighted by Crippen LogP contribution is 2.47. The van der Waals surface area contributed by atoms with Gasteiger partial charge in [-0.3, -0.25) is 23.7 Å². The van der Waals surface area contributed by atoms with Crippen LogP contribution in [0.3, 0.4) is 0 Å². The SMILES string of the molecule is [2H]c1c([2H])n([C@@H]2O[C@H](COP(=O)(NC(CC(C)C)C(=O)OCC)Oc3ccccc3)[C@@H](O)[C@@]2(C)O)c(=O)[nH]c1=O. The summed E-state index contributed by atoms with van der Waals surface area (Å²) in [6, 6.07) is 6.05. The molecule has 2 aromatic rings. The first-order valence-electron chi connectivity index (χ1n) is 13.0. The van der Waals surface area contributed by atoms with E-state index < -0.39 is 73.9 Å². The van der Waals surface area contributed by atoms with Crippen molar-refractivity contribution in [3.8, 4) is 5.75 Å². The first-order valence-corrected chi connectivity index (χ1v) is 13.6. The normalized spacial score (nSPS) is 26.3. The molecule has 14 heteroatoms. The van der Waals surface area contributed by atoms with E-state index in [9.17, 15) is 29.2 Å². The number of carbonyl (C=O) groups is 1. The largest absolute Gasteiger partial charge is 0.465 e. The Morgan fingerprint density at radius 1 is 1.34 bits per heavy atom. The highest BCUT2D eigenvalue weighted by atomic mass is 31.2. The van der Waals surface area contributed by atoms with Crippen LogP contribution in [0.2, 0.25) is 0 Å². The summed E-state index contributed by atoms with van der Waals surface area (Å²) in [4.78, 5) is 38.6. The average Bonchev–Trinajstić information content (AvgIpc) is 3.10. The van der Waals surface area contributed by atoms with E-state index in [1.54, 1.807) is 25.1 Å². The third kappa shape index (κ3) is 7.19. The molecule has 6 atom stereocenters. The number of nitrogens with zero attached hydrogens (tertiary/aromatic N) is 1. The molecule has 0 radical (unpaired) electrons. The molecule has 0 aliphatic carbocycles. The lowest BCUT2D eigenvalue weighted by atomic mass is 9.96. The fourth-order valence-corrected chi connectivity index (χ4v) is 5.37. The smallest absolute Gasteiger partial charge is 0.459 e. The number of H-pyrrole nitrogens is 1. The number of aliphatic hydroxyl groups is 2. The minimum Gasteiger partial charge on any atom is -0.465 e. The molecule has 0 spiro atoms. The Labute approximate surface area is 222 Å². The molecule has 1 saturated heterocycles. The number of rotatable bonds is 12. The number of nitrogens with one attached hydrogen (secondary N) is 2. The summed E-state index contributed by atoms with van der Waals surface area (Å²) in [5.41, 5.74) is -4.45. The molecule has 1 aliphatic heterocycles. The summed E-state index contributed by atoms with van der Waals surface area (Å²) in [5, 5.41) is 24.4. The van der Waals surface area contributed by atoms with Crippen LogP contribution in [-0.2, 0) is 23.4 Å². The zero-order chi connectivity index (χ0) is 29.8. The second-order valence-electron chi connectivity index (χ2n) is 9.32. The van der Waals surface area contributed by atoms with Crippen molar-refractivity contribution in [2.24, 2.45) is 5.92 Å². The first kappa shape index (κ1) is 26.8. The Morgan fingerprint density at radius 3 is 2.66 bits per heavy atom. The molecular weight excluding hydrogens is 521 g/mol. The molecule has 2 unspecified atom stereocenters. The van der Waals surface area contributed by atoms with Gasteiger partial charge in [-0.25, -0.2) is 9.36 Å². The van der Waals surface area contributed by atoms with Gasteiger partial charge in [0.1, 0.15) is 29.6 Å². The molecule has 0 amide bonds. The van der Waals surface area contributed by atoms with Crippen molar-refractivity contribution in [3.63, 3.8) is 0 Å². The maximum absolute atomic E-state index is 13.9.